The van der Waals surface area contributed by atoms with E-state index in [-0.39, 0.29) is 5.69 Å². The SMILES string of the molecule is COC(=O)C(N)CCSCc1cc([N+](=O)[O-])ccc1OC. The number of non-ortho nitro benzene ring substituents is 1. The number of esters is 1. The van der Waals surface area contributed by atoms with Crippen LogP contribution in [0, 0.1) is 10.1 Å². The molecule has 0 radical (unpaired) electrons. The molecule has 2 N–H and O–H groups in total. The highest BCUT2D eigenvalue weighted by Crippen LogP contribution is 2.27. The van der Waals surface area contributed by atoms with Gasteiger partial charge in [-0.25, -0.2) is 0 Å². The van der Waals surface area contributed by atoms with Gasteiger partial charge in [-0.3, -0.25) is 14.9 Å². The molecular weight excluding hydrogens is 296 g/mol. The van der Waals surface area contributed by atoms with Gasteiger partial charge in [-0.1, -0.05) is 0 Å². The van der Waals surface area contributed by atoms with Crippen LogP contribution in [0.3, 0.4) is 0 Å². The van der Waals surface area contributed by atoms with Gasteiger partial charge in [-0.2, -0.15) is 11.8 Å². The topological polar surface area (TPSA) is 105 Å². The van der Waals surface area contributed by atoms with Crippen LogP contribution >= 0.6 is 11.8 Å². The highest BCUT2D eigenvalue weighted by Gasteiger charge is 2.14. The minimum Gasteiger partial charge on any atom is -0.496 e. The molecule has 1 atom stereocenters. The zero-order chi connectivity index (χ0) is 15.8. The molecule has 0 spiro atoms. The molecule has 0 heterocycles. The van der Waals surface area contributed by atoms with Crippen molar-refractivity contribution in [2.24, 2.45) is 5.73 Å². The number of carbonyl (C=O) groups excluding carboxylic acids is 1. The number of ether oxygens (including phenoxy) is 2. The summed E-state index contributed by atoms with van der Waals surface area (Å²) < 4.78 is 9.72. The Morgan fingerprint density at radius 2 is 2.19 bits per heavy atom. The van der Waals surface area contributed by atoms with E-state index in [0.29, 0.717) is 23.7 Å². The van der Waals surface area contributed by atoms with E-state index in [1.165, 1.54) is 38.1 Å². The quantitative estimate of drug-likeness (QED) is 0.337. The first kappa shape index (κ1) is 17.3. The maximum Gasteiger partial charge on any atom is 0.322 e. The normalized spacial score (nSPS) is 11.8. The fraction of sp³-hybridized carbons (Fsp3) is 0.462. The smallest absolute Gasteiger partial charge is 0.322 e. The van der Waals surface area contributed by atoms with Crippen molar-refractivity contribution in [3.8, 4) is 5.75 Å². The molecule has 0 aliphatic heterocycles. The molecule has 8 heteroatoms. The molecule has 1 rings (SSSR count). The second-order valence-electron chi connectivity index (χ2n) is 4.22. The van der Waals surface area contributed by atoms with E-state index in [9.17, 15) is 14.9 Å². The summed E-state index contributed by atoms with van der Waals surface area (Å²) in [6.45, 7) is 0. The predicted octanol–water partition coefficient (Wildman–Crippen LogP) is 1.73. The third-order valence-electron chi connectivity index (χ3n) is 2.81. The summed E-state index contributed by atoms with van der Waals surface area (Å²) in [5.41, 5.74) is 6.39. The van der Waals surface area contributed by atoms with Crippen molar-refractivity contribution in [3.05, 3.63) is 33.9 Å². The first-order chi connectivity index (χ1) is 9.99. The molecule has 1 aromatic rings. The van der Waals surface area contributed by atoms with Crippen LogP contribution in [0.25, 0.3) is 0 Å². The van der Waals surface area contributed by atoms with E-state index in [1.807, 2.05) is 0 Å². The molecular formula is C13H18N2O5S. The number of nitrogens with two attached hydrogens (primary N) is 1. The number of thioether (sulfide) groups is 1. The van der Waals surface area contributed by atoms with Gasteiger partial charge in [-0.05, 0) is 18.2 Å². The van der Waals surface area contributed by atoms with E-state index in [2.05, 4.69) is 4.74 Å². The first-order valence-electron chi connectivity index (χ1n) is 6.22. The maximum absolute atomic E-state index is 11.1. The number of methoxy groups -OCH3 is 2. The summed E-state index contributed by atoms with van der Waals surface area (Å²) in [7, 11) is 2.81. The number of carbonyl (C=O) groups is 1. The molecule has 0 bridgehead atoms. The lowest BCUT2D eigenvalue weighted by Gasteiger charge is -2.10. The summed E-state index contributed by atoms with van der Waals surface area (Å²) in [5, 5.41) is 10.8. The predicted molar refractivity (Wildman–Crippen MR) is 80.4 cm³/mol. The van der Waals surface area contributed by atoms with Crippen LogP contribution in [0.2, 0.25) is 0 Å². The van der Waals surface area contributed by atoms with Crippen molar-refractivity contribution in [3.63, 3.8) is 0 Å². The van der Waals surface area contributed by atoms with Gasteiger partial charge >= 0.3 is 5.97 Å². The number of hydrogen-bond acceptors (Lipinski definition) is 7. The van der Waals surface area contributed by atoms with Gasteiger partial charge in [0.1, 0.15) is 11.8 Å². The summed E-state index contributed by atoms with van der Waals surface area (Å²) >= 11 is 1.52. The van der Waals surface area contributed by atoms with Crippen molar-refractivity contribution in [1.29, 1.82) is 0 Å². The number of nitro groups is 1. The summed E-state index contributed by atoms with van der Waals surface area (Å²) in [5.74, 6) is 1.34. The summed E-state index contributed by atoms with van der Waals surface area (Å²) in [4.78, 5) is 21.5. The molecule has 0 aromatic heterocycles. The van der Waals surface area contributed by atoms with Crippen LogP contribution in [-0.4, -0.2) is 36.9 Å². The molecule has 0 saturated heterocycles. The third-order valence-corrected chi connectivity index (χ3v) is 3.85. The second kappa shape index (κ2) is 8.48. The van der Waals surface area contributed by atoms with Crippen LogP contribution in [-0.2, 0) is 15.3 Å². The van der Waals surface area contributed by atoms with Crippen LogP contribution in [0.15, 0.2) is 18.2 Å². The number of nitrogens with zero attached hydrogens (tertiary/aromatic N) is 1. The van der Waals surface area contributed by atoms with Gasteiger partial charge in [-0.15, -0.1) is 0 Å². The minimum absolute atomic E-state index is 0.0256. The molecule has 21 heavy (non-hydrogen) atoms. The van der Waals surface area contributed by atoms with Crippen molar-refractivity contribution < 1.29 is 19.2 Å². The molecule has 116 valence electrons. The van der Waals surface area contributed by atoms with Crippen molar-refractivity contribution in [2.75, 3.05) is 20.0 Å². The van der Waals surface area contributed by atoms with Crippen molar-refractivity contribution in [1.82, 2.24) is 0 Å². The van der Waals surface area contributed by atoms with Crippen molar-refractivity contribution >= 4 is 23.4 Å². The van der Waals surface area contributed by atoms with Gasteiger partial charge in [0.15, 0.2) is 0 Å². The average Bonchev–Trinajstić information content (AvgIpc) is 2.49. The summed E-state index contributed by atoms with van der Waals surface area (Å²) in [6.07, 6.45) is 0.481. The van der Waals surface area contributed by atoms with E-state index in [1.54, 1.807) is 6.07 Å². The molecule has 7 nitrogen and oxygen atoms in total. The Kier molecular flexibility index (Phi) is 6.97. The average molecular weight is 314 g/mol. The van der Waals surface area contributed by atoms with E-state index in [0.717, 1.165) is 5.56 Å². The maximum atomic E-state index is 11.1. The van der Waals surface area contributed by atoms with Gasteiger partial charge in [0.05, 0.1) is 19.1 Å². The van der Waals surface area contributed by atoms with Gasteiger partial charge in [0.2, 0.25) is 0 Å². The Balaban J connectivity index is 2.56. The number of benzene rings is 1. The Hall–Kier alpha value is -1.80. The molecule has 0 amide bonds. The minimum atomic E-state index is -0.644. The van der Waals surface area contributed by atoms with E-state index < -0.39 is 16.9 Å². The molecule has 1 aromatic carbocycles. The monoisotopic (exact) mass is 314 g/mol. The van der Waals surface area contributed by atoms with Crippen LogP contribution < -0.4 is 10.5 Å². The van der Waals surface area contributed by atoms with Crippen LogP contribution in [0.5, 0.6) is 5.75 Å². The Morgan fingerprint density at radius 3 is 2.76 bits per heavy atom. The molecule has 0 aliphatic rings. The lowest BCUT2D eigenvalue weighted by molar-refractivity contribution is -0.384. The fourth-order valence-electron chi connectivity index (χ4n) is 1.65. The zero-order valence-electron chi connectivity index (χ0n) is 11.9. The first-order valence-corrected chi connectivity index (χ1v) is 7.37. The van der Waals surface area contributed by atoms with Gasteiger partial charge in [0, 0.05) is 23.4 Å². The highest BCUT2D eigenvalue weighted by molar-refractivity contribution is 7.98. The molecule has 0 aliphatic carbocycles. The summed E-state index contributed by atoms with van der Waals surface area (Å²) in [6, 6.07) is 3.83. The number of nitro benzene ring substituents is 1. The van der Waals surface area contributed by atoms with Crippen LogP contribution in [0.1, 0.15) is 12.0 Å². The standard InChI is InChI=1S/C13H18N2O5S/c1-19-12-4-3-10(15(17)18)7-9(12)8-21-6-5-11(14)13(16)20-2/h3-4,7,11H,5-6,8,14H2,1-2H3. The third kappa shape index (κ3) is 5.24. The lowest BCUT2D eigenvalue weighted by atomic mass is 10.2. The highest BCUT2D eigenvalue weighted by atomic mass is 32.2. The van der Waals surface area contributed by atoms with Gasteiger partial charge < -0.3 is 15.2 Å². The van der Waals surface area contributed by atoms with Crippen molar-refractivity contribution in [2.45, 2.75) is 18.2 Å². The number of rotatable bonds is 8. The largest absolute Gasteiger partial charge is 0.496 e. The van der Waals surface area contributed by atoms with E-state index >= 15 is 0 Å². The van der Waals surface area contributed by atoms with E-state index in [4.69, 9.17) is 10.5 Å². The Labute approximate surface area is 126 Å². The molecule has 0 saturated carbocycles. The zero-order valence-corrected chi connectivity index (χ0v) is 12.7. The fourth-order valence-corrected chi connectivity index (χ4v) is 2.66. The lowest BCUT2D eigenvalue weighted by Crippen LogP contribution is -2.31. The number of hydrogen-bond donors (Lipinski definition) is 1. The van der Waals surface area contributed by atoms with Gasteiger partial charge in [0.25, 0.3) is 5.69 Å². The molecule has 0 fully saturated rings. The molecule has 1 unspecified atom stereocenters. The second-order valence-corrected chi connectivity index (χ2v) is 5.33. The Morgan fingerprint density at radius 1 is 1.48 bits per heavy atom. The van der Waals surface area contributed by atoms with Crippen LogP contribution in [0.4, 0.5) is 5.69 Å². The Bertz CT molecular complexity index is 509.